The molecule has 15 aliphatic rings. The molecule has 15 rings (SSSR count). The highest BCUT2D eigenvalue weighted by molar-refractivity contribution is 7.81. The highest BCUT2D eigenvalue weighted by Crippen LogP contribution is 2.38. The van der Waals surface area contributed by atoms with Crippen molar-refractivity contribution >= 4 is 112 Å². The summed E-state index contributed by atoms with van der Waals surface area (Å²) in [5.74, 6) is -1.69. The number of piperidine rings is 5. The summed E-state index contributed by atoms with van der Waals surface area (Å²) in [6, 6.07) is -9.47. The molecule has 15 amide bonds. The third-order valence-corrected chi connectivity index (χ3v) is 26.3. The Balaban J connectivity index is 0.000000152. The maximum Gasteiger partial charge on any atom is 0.418 e. The number of nitrogens with zero attached hydrogens (tertiary/aromatic N) is 11. The Hall–Kier alpha value is -7.31. The molecule has 0 radical (unpaired) electrons. The lowest BCUT2D eigenvalue weighted by Gasteiger charge is -2.33. The first-order valence-electron chi connectivity index (χ1n) is 41.2. The van der Waals surface area contributed by atoms with Gasteiger partial charge in [0.05, 0.1) is 54.6 Å². The van der Waals surface area contributed by atoms with E-state index in [1.165, 1.54) is 30.9 Å². The highest BCUT2D eigenvalue weighted by atomic mass is 32.3. The summed E-state index contributed by atoms with van der Waals surface area (Å²) in [5, 5.41) is 6.19. The molecule has 8 unspecified atom stereocenters. The molecule has 5 saturated carbocycles. The second kappa shape index (κ2) is 41.6. The first-order chi connectivity index (χ1) is 58.7. The number of nitrogens with one attached hydrogen (secondary N) is 6. The zero-order valence-electron chi connectivity index (χ0n) is 68.8. The number of hydrogen-bond donors (Lipinski definition) is 13. The molecule has 15 N–H and O–H groups in total. The first-order valence-corrected chi connectivity index (χ1v) is 48.0. The SMILES string of the molecule is CCC1CCCC(ONC(=O)[C@@H]2CC[C@@H]3CN2C(=O)N3OS(=O)(=O)O)C1.CN(C)C1CCC(ONC(=O)[C@@H]2CC[C@@H]3CN2C(=O)N3OS(=O)(=O)O)CC1.CNC1CCC(ONC(=O)[C@@H]2CC[C@@H]3CN2C(=O)N3OS(=O)(=O)O)C1.NC1CC1ONC(=O)[C@@H]1CC[C@@H]2CN1C(=O)N2OS(=O)(=O)O.NC1CCCC(ONC(=O)[C@@H]2CC[C@@H]3CN2C(=O)N3OS(=O)(=O)O)C1. The summed E-state index contributed by atoms with van der Waals surface area (Å²) in [6.45, 7) is 2.88. The minimum absolute atomic E-state index is 0.0253. The number of nitrogens with two attached hydrogens (primary N) is 2. The van der Waals surface area contributed by atoms with Crippen LogP contribution in [0.15, 0.2) is 0 Å². The lowest BCUT2D eigenvalue weighted by molar-refractivity contribution is -0.146. The molecule has 54 nitrogen and oxygen atoms in total. The highest BCUT2D eigenvalue weighted by Gasteiger charge is 2.56. The molecule has 5 aliphatic carbocycles. The van der Waals surface area contributed by atoms with Gasteiger partial charge in [0.25, 0.3) is 29.5 Å². The number of carbonyl (C=O) groups is 10. The van der Waals surface area contributed by atoms with Crippen molar-refractivity contribution in [2.45, 2.75) is 295 Å². The van der Waals surface area contributed by atoms with Crippen molar-refractivity contribution in [2.24, 2.45) is 17.4 Å². The van der Waals surface area contributed by atoms with Crippen molar-refractivity contribution in [3.05, 3.63) is 0 Å². The van der Waals surface area contributed by atoms with Crippen LogP contribution in [0.4, 0.5) is 24.0 Å². The first kappa shape index (κ1) is 98.3. The van der Waals surface area contributed by atoms with Gasteiger partial charge in [-0.3, -0.25) is 70.9 Å². The molecule has 710 valence electrons. The molecule has 59 heteroatoms. The molecule has 0 aromatic carbocycles. The van der Waals surface area contributed by atoms with Gasteiger partial charge in [0.1, 0.15) is 36.3 Å². The van der Waals surface area contributed by atoms with E-state index in [9.17, 15) is 90.0 Å². The van der Waals surface area contributed by atoms with Crippen LogP contribution in [0.25, 0.3) is 0 Å². The standard InChI is InChI=1S/C15H26N4O7S.C15H25N3O7S.2C13H22N4O7S.C10H16N4O7S/c1-17(2)10-3-6-12(7-4-10)25-16-14(20)13-8-5-11-9-18(13)15(21)19(11)26-27(22,23)24;1-2-10-4-3-5-12(8-10)24-16-14(19)13-7-6-11-9-17(13)15(20)18(11)25-26(21,22)23;1-14-8-2-4-10(6-8)23-15-12(18)11-5-3-9-7-16(11)13(19)17(9)24-25(20,21)22;14-8-2-1-3-10(6-8)23-15-12(18)11-5-4-9-7-16(11)13(19)17(9)24-25(20,21)22;11-6-3-8(6)20-12-9(15)7-2-1-5-4-13(7)10(16)14(5)21-22(17,18)19/h10-13H,3-9H2,1-2H3,(H,16,20)(H,22,23,24);10-13H,2-9H2,1H3,(H,16,19)(H,21,22,23);8-11,14H,2-7H2,1H3,(H,15,18)(H,20,21,22);8-11H,1-7,14H2,(H,15,18)(H,20,21,22);5-8H,1-4,11H2,(H,12,15)(H,17,18,19)/t2*10?,11-,12?,13+;2*8?,9-,10?,11+;5-,6?,7+,8?/m11111/s1. The third-order valence-electron chi connectivity index (χ3n) is 24.5. The summed E-state index contributed by atoms with van der Waals surface area (Å²) < 4.78 is 174. The average Bonchev–Trinajstić information content (AvgIpc) is 1.65. The van der Waals surface area contributed by atoms with E-state index in [2.05, 4.69) is 66.0 Å². The maximum absolute atomic E-state index is 12.5. The third kappa shape index (κ3) is 26.5. The monoisotopic (exact) mass is 1890 g/mol. The Morgan fingerprint density at radius 2 is 0.648 bits per heavy atom. The summed E-state index contributed by atoms with van der Waals surface area (Å²) >= 11 is 0. The minimum Gasteiger partial charge on any atom is -0.328 e. The van der Waals surface area contributed by atoms with Gasteiger partial charge in [0.15, 0.2) is 0 Å². The molecular weight excluding hydrogens is 1780 g/mol. The molecule has 10 aliphatic heterocycles. The molecule has 10 saturated heterocycles. The van der Waals surface area contributed by atoms with Gasteiger partial charge in [0, 0.05) is 56.9 Å². The smallest absolute Gasteiger partial charge is 0.328 e. The fourth-order valence-corrected chi connectivity index (χ4v) is 19.8. The van der Waals surface area contributed by atoms with Crippen LogP contribution in [0.5, 0.6) is 0 Å². The van der Waals surface area contributed by atoms with E-state index in [1.807, 2.05) is 21.1 Å². The van der Waals surface area contributed by atoms with Crippen LogP contribution < -0.4 is 44.2 Å². The fraction of sp³-hybridized carbons (Fsp3) is 0.848. The van der Waals surface area contributed by atoms with Crippen LogP contribution in [0.2, 0.25) is 0 Å². The van der Waals surface area contributed by atoms with E-state index in [4.69, 9.17) is 58.4 Å². The lowest BCUT2D eigenvalue weighted by atomic mass is 9.86. The van der Waals surface area contributed by atoms with Gasteiger partial charge in [-0.2, -0.15) is 67.4 Å². The van der Waals surface area contributed by atoms with Crippen LogP contribution in [-0.4, -0.2) is 348 Å². The minimum atomic E-state index is -4.81. The predicted molar refractivity (Wildman–Crippen MR) is 416 cm³/mol. The normalized spacial score (nSPS) is 32.5. The number of urea groups is 5. The molecule has 10 heterocycles. The number of rotatable bonds is 28. The van der Waals surface area contributed by atoms with E-state index < -0.39 is 172 Å². The van der Waals surface area contributed by atoms with Crippen molar-refractivity contribution in [3.8, 4) is 0 Å². The summed E-state index contributed by atoms with van der Waals surface area (Å²) in [5.41, 5.74) is 23.4. The van der Waals surface area contributed by atoms with Crippen molar-refractivity contribution in [1.29, 1.82) is 0 Å². The van der Waals surface area contributed by atoms with Crippen LogP contribution in [0.1, 0.15) is 180 Å². The average molecular weight is 1890 g/mol. The van der Waals surface area contributed by atoms with E-state index in [1.54, 1.807) is 0 Å². The number of hydroxylamine groups is 15. The van der Waals surface area contributed by atoms with E-state index in [-0.39, 0.29) is 75.3 Å². The van der Waals surface area contributed by atoms with Crippen molar-refractivity contribution in [2.75, 3.05) is 53.9 Å². The second-order valence-corrected chi connectivity index (χ2v) is 38.4. The van der Waals surface area contributed by atoms with E-state index in [0.717, 1.165) is 89.9 Å². The maximum atomic E-state index is 12.5. The summed E-state index contributed by atoms with van der Waals surface area (Å²) in [6.07, 6.45) is 18.4. The van der Waals surface area contributed by atoms with Crippen LogP contribution in [0, 0.1) is 5.92 Å². The van der Waals surface area contributed by atoms with Crippen molar-refractivity contribution in [3.63, 3.8) is 0 Å². The van der Waals surface area contributed by atoms with Crippen molar-refractivity contribution < 1.29 is 158 Å². The van der Waals surface area contributed by atoms with Crippen LogP contribution >= 0.6 is 0 Å². The number of carbonyl (C=O) groups excluding carboxylic acids is 10. The zero-order valence-corrected chi connectivity index (χ0v) is 72.9. The molecule has 0 aromatic heterocycles. The van der Waals surface area contributed by atoms with Crippen LogP contribution in [0.3, 0.4) is 0 Å². The quantitative estimate of drug-likeness (QED) is 0.0285. The number of amides is 15. The van der Waals surface area contributed by atoms with Crippen molar-refractivity contribution in [1.82, 2.24) is 87.4 Å². The topological polar surface area (TPSA) is 695 Å². The Labute approximate surface area is 720 Å². The molecule has 18 atom stereocenters. The zero-order chi connectivity index (χ0) is 91.1. The van der Waals surface area contributed by atoms with Gasteiger partial charge in [-0.05, 0) is 181 Å². The van der Waals surface area contributed by atoms with Gasteiger partial charge in [-0.1, -0.05) is 26.2 Å². The van der Waals surface area contributed by atoms with Gasteiger partial charge in [0.2, 0.25) is 0 Å². The number of hydrogen-bond acceptors (Lipinski definition) is 34. The van der Waals surface area contributed by atoms with E-state index in [0.29, 0.717) is 120 Å². The Kier molecular flexibility index (Phi) is 32.7. The summed E-state index contributed by atoms with van der Waals surface area (Å²) in [4.78, 5) is 158. The lowest BCUT2D eigenvalue weighted by Crippen LogP contribution is -2.50. The second-order valence-electron chi connectivity index (χ2n) is 33.3. The molecule has 0 aromatic rings. The Morgan fingerprint density at radius 1 is 0.368 bits per heavy atom. The Bertz CT molecular complexity index is 4500. The van der Waals surface area contributed by atoms with Gasteiger partial charge in [-0.15, -0.1) is 21.4 Å². The van der Waals surface area contributed by atoms with Gasteiger partial charge < -0.3 is 46.2 Å². The van der Waals surface area contributed by atoms with E-state index >= 15 is 0 Å². The molecule has 15 fully saturated rings. The molecular formula is C66H111N19O35S5. The molecule has 0 spiro atoms. The fourth-order valence-electron chi connectivity index (χ4n) is 17.9. The van der Waals surface area contributed by atoms with Gasteiger partial charge >= 0.3 is 82.2 Å². The molecule has 125 heavy (non-hydrogen) atoms. The van der Waals surface area contributed by atoms with Gasteiger partial charge in [-0.25, -0.2) is 51.4 Å². The summed E-state index contributed by atoms with van der Waals surface area (Å²) in [7, 11) is -18.0. The van der Waals surface area contributed by atoms with Crippen LogP contribution in [-0.2, 0) is 122 Å². The Morgan fingerprint density at radius 3 is 0.920 bits per heavy atom. The largest absolute Gasteiger partial charge is 0.418 e. The number of fused-ring (bicyclic) bond motifs is 10. The molecule has 10 bridgehead atoms. The predicted octanol–water partition coefficient (Wildman–Crippen LogP) is -2.46.